The van der Waals surface area contributed by atoms with Crippen LogP contribution in [0.25, 0.3) is 0 Å². The molecule has 0 saturated carbocycles. The van der Waals surface area contributed by atoms with Crippen LogP contribution in [0.4, 0.5) is 0 Å². The van der Waals surface area contributed by atoms with Crippen LogP contribution in [0.1, 0.15) is 48.5 Å². The third kappa shape index (κ3) is 18.8. The summed E-state index contributed by atoms with van der Waals surface area (Å²) in [6.07, 6.45) is 0. The van der Waals surface area contributed by atoms with Gasteiger partial charge in [0.2, 0.25) is 0 Å². The van der Waals surface area contributed by atoms with E-state index >= 15 is 0 Å². The maximum absolute atomic E-state index is 5.14. The molecule has 0 heterocycles. The van der Waals surface area contributed by atoms with Crippen LogP contribution < -0.4 is 5.32 Å². The molecule has 0 rings (SSSR count). The molecule has 4 nitrogen and oxygen atoms in total. The molecule has 0 aliphatic rings. The zero-order valence-electron chi connectivity index (χ0n) is 12.4. The molecular formula is C12H30NO3P. The second-order valence-corrected chi connectivity index (χ2v) is 5.17. The van der Waals surface area contributed by atoms with Gasteiger partial charge in [-0.2, -0.15) is 0 Å². The Balaban J connectivity index is 0. The summed E-state index contributed by atoms with van der Waals surface area (Å²) in [5.74, 6) is 0. The highest BCUT2D eigenvalue weighted by Gasteiger charge is 2.07. The number of nitrogens with one attached hydrogen (secondary N) is 1. The van der Waals surface area contributed by atoms with E-state index in [2.05, 4.69) is 33.0 Å². The lowest BCUT2D eigenvalue weighted by molar-refractivity contribution is 0.176. The Morgan fingerprint density at radius 2 is 1.06 bits per heavy atom. The van der Waals surface area contributed by atoms with Gasteiger partial charge in [0.1, 0.15) is 0 Å². The van der Waals surface area contributed by atoms with E-state index in [1.54, 1.807) is 0 Å². The normalized spacial score (nSPS) is 10.9. The van der Waals surface area contributed by atoms with Crippen molar-refractivity contribution >= 4 is 8.60 Å². The van der Waals surface area contributed by atoms with E-state index in [1.165, 1.54) is 0 Å². The fraction of sp³-hybridized carbons (Fsp3) is 1.00. The van der Waals surface area contributed by atoms with Crippen LogP contribution >= 0.6 is 8.60 Å². The standard InChI is InChI=1S/C6H15N.C6H15O3P/c1-5(2)7-6(3)4;1-4-7-10(8-5-2)9-6-3/h5-7H,1-4H3;4-6H2,1-3H3. The minimum Gasteiger partial charge on any atom is -0.313 e. The largest absolute Gasteiger partial charge is 0.332 e. The second-order valence-electron chi connectivity index (χ2n) is 3.95. The second kappa shape index (κ2) is 14.3. The molecule has 0 bridgehead atoms. The number of rotatable bonds is 8. The van der Waals surface area contributed by atoms with Crippen LogP contribution in [0.3, 0.4) is 0 Å². The molecule has 1 N–H and O–H groups in total. The Bertz CT molecular complexity index is 125. The molecule has 0 aromatic heterocycles. The van der Waals surface area contributed by atoms with Gasteiger partial charge in [-0.15, -0.1) is 0 Å². The maximum Gasteiger partial charge on any atom is 0.332 e. The molecule has 0 atom stereocenters. The Morgan fingerprint density at radius 1 is 0.765 bits per heavy atom. The molecule has 0 amide bonds. The van der Waals surface area contributed by atoms with E-state index in [0.717, 1.165) is 0 Å². The molecule has 0 aliphatic heterocycles. The van der Waals surface area contributed by atoms with Gasteiger partial charge in [-0.1, -0.05) is 27.7 Å². The van der Waals surface area contributed by atoms with Crippen molar-refractivity contribution < 1.29 is 13.6 Å². The minimum absolute atomic E-state index is 0.625. The average Bonchev–Trinajstić information content (AvgIpc) is 2.17. The Hall–Kier alpha value is 0.270. The first kappa shape index (κ1) is 19.6. The molecule has 0 spiro atoms. The van der Waals surface area contributed by atoms with Gasteiger partial charge in [-0.3, -0.25) is 0 Å². The van der Waals surface area contributed by atoms with Gasteiger partial charge in [-0.05, 0) is 20.8 Å². The van der Waals surface area contributed by atoms with Crippen LogP contribution in [0.5, 0.6) is 0 Å². The Morgan fingerprint density at radius 3 is 1.18 bits per heavy atom. The first-order valence-corrected chi connectivity index (χ1v) is 7.52. The zero-order valence-corrected chi connectivity index (χ0v) is 13.3. The summed E-state index contributed by atoms with van der Waals surface area (Å²) in [7, 11) is -1.06. The summed E-state index contributed by atoms with van der Waals surface area (Å²) >= 11 is 0. The van der Waals surface area contributed by atoms with Gasteiger partial charge >= 0.3 is 8.60 Å². The SMILES string of the molecule is CC(C)NC(C)C.CCOP(OCC)OCC. The molecule has 17 heavy (non-hydrogen) atoms. The Labute approximate surface area is 108 Å². The van der Waals surface area contributed by atoms with Crippen LogP contribution in [0.15, 0.2) is 0 Å². The predicted molar refractivity (Wildman–Crippen MR) is 75.2 cm³/mol. The number of hydrogen-bond acceptors (Lipinski definition) is 4. The lowest BCUT2D eigenvalue weighted by Gasteiger charge is -2.12. The smallest absolute Gasteiger partial charge is 0.313 e. The van der Waals surface area contributed by atoms with E-state index in [-0.39, 0.29) is 0 Å². The fourth-order valence-corrected chi connectivity index (χ4v) is 1.95. The van der Waals surface area contributed by atoms with Crippen molar-refractivity contribution in [1.82, 2.24) is 5.32 Å². The summed E-state index contributed by atoms with van der Waals surface area (Å²) in [6.45, 7) is 16.3. The molecule has 0 saturated heterocycles. The molecule has 0 unspecified atom stereocenters. The van der Waals surface area contributed by atoms with Gasteiger partial charge in [0.25, 0.3) is 0 Å². The zero-order chi connectivity index (χ0) is 13.7. The molecular weight excluding hydrogens is 237 g/mol. The monoisotopic (exact) mass is 267 g/mol. The summed E-state index contributed by atoms with van der Waals surface area (Å²) in [6, 6.07) is 1.25. The van der Waals surface area contributed by atoms with E-state index in [4.69, 9.17) is 13.6 Å². The van der Waals surface area contributed by atoms with Crippen molar-refractivity contribution in [2.75, 3.05) is 19.8 Å². The highest BCUT2D eigenvalue weighted by atomic mass is 31.2. The van der Waals surface area contributed by atoms with E-state index in [9.17, 15) is 0 Å². The maximum atomic E-state index is 5.14. The van der Waals surface area contributed by atoms with Gasteiger partial charge in [0.05, 0.1) is 19.8 Å². The summed E-state index contributed by atoms with van der Waals surface area (Å²) in [4.78, 5) is 0. The van der Waals surface area contributed by atoms with Crippen LogP contribution in [0.2, 0.25) is 0 Å². The molecule has 0 aromatic carbocycles. The highest BCUT2D eigenvalue weighted by Crippen LogP contribution is 2.38. The van der Waals surface area contributed by atoms with E-state index in [1.807, 2.05) is 20.8 Å². The number of hydrogen-bond donors (Lipinski definition) is 1. The van der Waals surface area contributed by atoms with Crippen LogP contribution in [-0.2, 0) is 13.6 Å². The molecule has 0 aliphatic carbocycles. The quantitative estimate of drug-likeness (QED) is 0.680. The van der Waals surface area contributed by atoms with Crippen LogP contribution in [-0.4, -0.2) is 31.9 Å². The van der Waals surface area contributed by atoms with Crippen molar-refractivity contribution in [3.8, 4) is 0 Å². The van der Waals surface area contributed by atoms with Gasteiger partial charge in [0, 0.05) is 12.1 Å². The van der Waals surface area contributed by atoms with Gasteiger partial charge in [0.15, 0.2) is 0 Å². The molecule has 0 fully saturated rings. The lowest BCUT2D eigenvalue weighted by Crippen LogP contribution is -2.29. The summed E-state index contributed by atoms with van der Waals surface area (Å²) in [5.41, 5.74) is 0. The molecule has 5 heteroatoms. The lowest BCUT2D eigenvalue weighted by atomic mass is 10.3. The van der Waals surface area contributed by atoms with Gasteiger partial charge < -0.3 is 18.9 Å². The van der Waals surface area contributed by atoms with Crippen molar-refractivity contribution in [2.24, 2.45) is 0 Å². The van der Waals surface area contributed by atoms with Gasteiger partial charge in [-0.25, -0.2) is 0 Å². The van der Waals surface area contributed by atoms with Crippen molar-refractivity contribution in [2.45, 2.75) is 60.5 Å². The first-order valence-electron chi connectivity index (χ1n) is 6.42. The van der Waals surface area contributed by atoms with E-state index < -0.39 is 8.60 Å². The van der Waals surface area contributed by atoms with Crippen LogP contribution in [0, 0.1) is 0 Å². The summed E-state index contributed by atoms with van der Waals surface area (Å²) < 4.78 is 15.4. The summed E-state index contributed by atoms with van der Waals surface area (Å²) in [5, 5.41) is 3.31. The van der Waals surface area contributed by atoms with E-state index in [0.29, 0.717) is 31.9 Å². The highest BCUT2D eigenvalue weighted by molar-refractivity contribution is 7.41. The fourth-order valence-electron chi connectivity index (χ4n) is 1.09. The molecule has 0 aromatic rings. The van der Waals surface area contributed by atoms with Crippen molar-refractivity contribution in [1.29, 1.82) is 0 Å². The molecule has 106 valence electrons. The first-order chi connectivity index (χ1) is 7.97. The van der Waals surface area contributed by atoms with Crippen molar-refractivity contribution in [3.05, 3.63) is 0 Å². The predicted octanol–water partition coefficient (Wildman–Crippen LogP) is 3.72. The average molecular weight is 267 g/mol. The van der Waals surface area contributed by atoms with Crippen molar-refractivity contribution in [3.63, 3.8) is 0 Å². The third-order valence-electron chi connectivity index (χ3n) is 1.37. The minimum atomic E-state index is -1.06. The Kier molecular flexibility index (Phi) is 16.5. The topological polar surface area (TPSA) is 39.7 Å². The third-order valence-corrected chi connectivity index (χ3v) is 2.78. The molecule has 0 radical (unpaired) electrons.